The molecular weight excluding hydrogens is 1080 g/mol. The summed E-state index contributed by atoms with van der Waals surface area (Å²) in [5.74, 6) is 0.771. The van der Waals surface area contributed by atoms with Gasteiger partial charge in [0.15, 0.2) is 0 Å². The molecule has 2 saturated heterocycles. The van der Waals surface area contributed by atoms with E-state index in [-0.39, 0.29) is 38.8 Å². The molecule has 0 saturated carbocycles. The highest BCUT2D eigenvalue weighted by Gasteiger charge is 2.44. The molecule has 1 N–H and O–H groups in total. The molecule has 4 heterocycles. The van der Waals surface area contributed by atoms with Crippen molar-refractivity contribution in [1.82, 2.24) is 24.5 Å². The normalized spacial score (nSPS) is 20.2. The van der Waals surface area contributed by atoms with Crippen molar-refractivity contribution in [2.75, 3.05) is 13.1 Å². The van der Waals surface area contributed by atoms with Crippen molar-refractivity contribution in [3.05, 3.63) is 55.0 Å². The van der Waals surface area contributed by atoms with E-state index in [2.05, 4.69) is 101 Å². The van der Waals surface area contributed by atoms with E-state index in [1.807, 2.05) is 117 Å². The van der Waals surface area contributed by atoms with Crippen molar-refractivity contribution in [1.29, 1.82) is 0 Å². The van der Waals surface area contributed by atoms with Crippen LogP contribution in [0.1, 0.15) is 161 Å². The third-order valence-corrected chi connectivity index (χ3v) is 14.6. The first-order valence-corrected chi connectivity index (χ1v) is 26.5. The smallest absolute Gasteiger partial charge is 0.410 e. The number of ether oxygens (including phenoxy) is 2. The van der Waals surface area contributed by atoms with Crippen molar-refractivity contribution < 1.29 is 27.5 Å². The molecule has 0 bridgehead atoms. The van der Waals surface area contributed by atoms with Gasteiger partial charge in [-0.05, 0) is 240 Å². The van der Waals surface area contributed by atoms with Gasteiger partial charge in [-0.25, -0.2) is 27.7 Å². The Morgan fingerprint density at radius 3 is 1.63 bits per heavy atom. The SMILES string of the molecule is Brc1ccc(I)nc1.CC(C)(C)OC(=O)N1C[C@@H](CCC(NS(=O)C(C)(C)C)c2ccc(Br)cn2)CC1(C)C.CC(C)(C)OC(=O)N1C[C@@H](CCC=NS(=O)C(C)(C)C)CC1(C)C. The second-order valence-corrected chi connectivity index (χ2v) is 28.4. The summed E-state index contributed by atoms with van der Waals surface area (Å²) in [5, 5.41) is 0. The third-order valence-electron chi connectivity index (χ3n) is 10.0. The van der Waals surface area contributed by atoms with Gasteiger partial charge in [0.05, 0.1) is 32.2 Å². The topological polar surface area (TPSA) is 143 Å². The molecule has 358 valence electrons. The number of nitrogens with one attached hydrogen (secondary N) is 1. The van der Waals surface area contributed by atoms with Gasteiger partial charge < -0.3 is 19.3 Å². The zero-order valence-corrected chi connectivity index (χ0v) is 47.5. The van der Waals surface area contributed by atoms with Crippen LogP contribution >= 0.6 is 54.5 Å². The second kappa shape index (κ2) is 24.0. The second-order valence-electron chi connectivity index (χ2n) is 21.5. The highest BCUT2D eigenvalue weighted by molar-refractivity contribution is 14.1. The van der Waals surface area contributed by atoms with Crippen LogP contribution in [0, 0.1) is 15.5 Å². The van der Waals surface area contributed by atoms with Crippen LogP contribution in [-0.2, 0) is 31.4 Å². The number of aromatic nitrogens is 2. The van der Waals surface area contributed by atoms with Crippen LogP contribution in [0.5, 0.6) is 0 Å². The largest absolute Gasteiger partial charge is 0.444 e. The van der Waals surface area contributed by atoms with Crippen LogP contribution in [0.15, 0.2) is 50.0 Å². The molecule has 2 aromatic rings. The zero-order valence-electron chi connectivity index (χ0n) is 40.6. The molecule has 12 nitrogen and oxygen atoms in total. The molecule has 17 heteroatoms. The summed E-state index contributed by atoms with van der Waals surface area (Å²) in [6.45, 7) is 32.7. The van der Waals surface area contributed by atoms with E-state index in [0.29, 0.717) is 24.9 Å². The zero-order chi connectivity index (χ0) is 48.4. The predicted octanol–water partition coefficient (Wildman–Crippen LogP) is 12.5. The van der Waals surface area contributed by atoms with Crippen LogP contribution in [0.2, 0.25) is 0 Å². The van der Waals surface area contributed by atoms with Gasteiger partial charge in [-0.15, -0.1) is 0 Å². The number of halogens is 3. The predicted molar refractivity (Wildman–Crippen MR) is 275 cm³/mol. The Balaban J connectivity index is 0.000000376. The van der Waals surface area contributed by atoms with Gasteiger partial charge in [0.25, 0.3) is 0 Å². The van der Waals surface area contributed by atoms with E-state index < -0.39 is 33.2 Å². The van der Waals surface area contributed by atoms with Gasteiger partial charge in [-0.1, -0.05) is 0 Å². The highest BCUT2D eigenvalue weighted by atomic mass is 127. The maximum absolute atomic E-state index is 12.8. The van der Waals surface area contributed by atoms with E-state index in [9.17, 15) is 18.0 Å². The number of amides is 2. The van der Waals surface area contributed by atoms with Gasteiger partial charge in [-0.2, -0.15) is 4.40 Å². The van der Waals surface area contributed by atoms with E-state index in [1.165, 1.54) is 0 Å². The number of hydrogen-bond acceptors (Lipinski definition) is 8. The van der Waals surface area contributed by atoms with E-state index in [4.69, 9.17) is 9.47 Å². The van der Waals surface area contributed by atoms with Crippen molar-refractivity contribution >= 4 is 94.8 Å². The standard InChI is InChI=1S/C23H38BrN3O3S.C18H34N2O3S.C5H3BrIN/c1-21(2,3)30-20(28)27-15-16(13-23(27,7)8)9-11-19(26-31(29)22(4,5)6)18-12-10-17(24)14-25-18;1-16(2,3)23-15(21)20-13-14(12-18(20,7)8)10-9-11-19-24(22)17(4,5)6;6-4-1-2-5(7)8-3-4/h10,12,14,16,19,26H,9,11,13,15H2,1-8H3;11,14H,9-10,12-13H2,1-8H3;1-3H/t16-,19?,31?;14-,24?;/m00./s1. The van der Waals surface area contributed by atoms with Gasteiger partial charge in [0, 0.05) is 51.7 Å². The lowest BCUT2D eigenvalue weighted by molar-refractivity contribution is 0.0118. The summed E-state index contributed by atoms with van der Waals surface area (Å²) >= 11 is 8.88. The fourth-order valence-electron chi connectivity index (χ4n) is 6.95. The Morgan fingerprint density at radius 1 is 0.794 bits per heavy atom. The summed E-state index contributed by atoms with van der Waals surface area (Å²) in [6.07, 6.45) is 10.1. The number of likely N-dealkylation sites (tertiary alicyclic amines) is 2. The number of carbonyl (C=O) groups excluding carboxylic acids is 2. The number of rotatable bonds is 10. The van der Waals surface area contributed by atoms with Crippen molar-refractivity contribution in [3.8, 4) is 0 Å². The first-order chi connectivity index (χ1) is 28.6. The fourth-order valence-corrected chi connectivity index (χ4v) is 9.15. The lowest BCUT2D eigenvalue weighted by Gasteiger charge is -2.33. The lowest BCUT2D eigenvalue weighted by Crippen LogP contribution is -2.45. The maximum Gasteiger partial charge on any atom is 0.410 e. The van der Waals surface area contributed by atoms with Gasteiger partial charge in [0.2, 0.25) is 0 Å². The molecule has 0 spiro atoms. The summed E-state index contributed by atoms with van der Waals surface area (Å²) in [5.41, 5.74) is -0.556. The molecule has 63 heavy (non-hydrogen) atoms. The first kappa shape index (κ1) is 57.6. The van der Waals surface area contributed by atoms with Crippen molar-refractivity contribution in [2.24, 2.45) is 16.2 Å². The minimum absolute atomic E-state index is 0.119. The van der Waals surface area contributed by atoms with Crippen LogP contribution in [0.4, 0.5) is 9.59 Å². The molecule has 4 rings (SSSR count). The van der Waals surface area contributed by atoms with Crippen LogP contribution in [-0.4, -0.2) is 91.5 Å². The number of hydrogen-bond donors (Lipinski definition) is 1. The van der Waals surface area contributed by atoms with Crippen molar-refractivity contribution in [3.63, 3.8) is 0 Å². The highest BCUT2D eigenvalue weighted by Crippen LogP contribution is 2.38. The van der Waals surface area contributed by atoms with Gasteiger partial charge in [0.1, 0.15) is 25.9 Å². The number of pyridine rings is 2. The summed E-state index contributed by atoms with van der Waals surface area (Å²) in [7, 11) is -2.40. The summed E-state index contributed by atoms with van der Waals surface area (Å²) < 4.78 is 45.5. The minimum Gasteiger partial charge on any atom is -0.444 e. The average Bonchev–Trinajstić information content (AvgIpc) is 3.61. The quantitative estimate of drug-likeness (QED) is 0.141. The molecule has 0 radical (unpaired) electrons. The Morgan fingerprint density at radius 2 is 1.25 bits per heavy atom. The van der Waals surface area contributed by atoms with E-state index in [1.54, 1.807) is 18.6 Å². The Kier molecular flexibility index (Phi) is 21.9. The minimum atomic E-state index is -1.20. The molecule has 0 aromatic carbocycles. The number of nitrogens with zero attached hydrogens (tertiary/aromatic N) is 5. The molecule has 2 aromatic heterocycles. The van der Waals surface area contributed by atoms with Crippen LogP contribution in [0.3, 0.4) is 0 Å². The lowest BCUT2D eigenvalue weighted by atomic mass is 9.91. The van der Waals surface area contributed by atoms with Crippen LogP contribution in [0.25, 0.3) is 0 Å². The Bertz CT molecular complexity index is 1840. The molecule has 5 atom stereocenters. The fraction of sp³-hybridized carbons (Fsp3) is 0.717. The maximum atomic E-state index is 12.8. The molecule has 2 aliphatic heterocycles. The molecular formula is C46H75Br2IN6O6S2. The van der Waals surface area contributed by atoms with Gasteiger partial charge >= 0.3 is 12.2 Å². The monoisotopic (exact) mass is 1160 g/mol. The molecule has 2 aliphatic rings. The first-order valence-electron chi connectivity index (χ1n) is 21.6. The third kappa shape index (κ3) is 21.3. The molecule has 2 fully saturated rings. The Labute approximate surface area is 415 Å². The van der Waals surface area contributed by atoms with Crippen molar-refractivity contribution in [2.45, 2.75) is 187 Å². The summed E-state index contributed by atoms with van der Waals surface area (Å²) in [6, 6.07) is 7.72. The van der Waals surface area contributed by atoms with E-state index in [0.717, 1.165) is 56.9 Å². The van der Waals surface area contributed by atoms with E-state index >= 15 is 0 Å². The molecule has 3 unspecified atom stereocenters. The number of carbonyl (C=O) groups is 2. The average molecular weight is 1160 g/mol. The molecule has 0 aliphatic carbocycles. The summed E-state index contributed by atoms with van der Waals surface area (Å²) in [4.78, 5) is 37.4. The van der Waals surface area contributed by atoms with Gasteiger partial charge in [-0.3, -0.25) is 4.98 Å². The van der Waals surface area contributed by atoms with Crippen LogP contribution < -0.4 is 4.72 Å². The Hall–Kier alpha value is -1.54. The molecule has 2 amide bonds.